The SMILES string of the molecule is Cc1ccc2c(c1)Oc1cc(C)ccc1N2c1cccc2c1OCCC2. The summed E-state index contributed by atoms with van der Waals surface area (Å²) in [7, 11) is 0. The predicted molar refractivity (Wildman–Crippen MR) is 104 cm³/mol. The molecule has 26 heavy (non-hydrogen) atoms. The molecule has 3 heteroatoms. The van der Waals surface area contributed by atoms with Gasteiger partial charge >= 0.3 is 0 Å². The number of anilines is 3. The number of para-hydroxylation sites is 1. The largest absolute Gasteiger partial charge is 0.491 e. The topological polar surface area (TPSA) is 21.7 Å². The summed E-state index contributed by atoms with van der Waals surface area (Å²) < 4.78 is 12.4. The van der Waals surface area contributed by atoms with E-state index in [0.717, 1.165) is 53.8 Å². The van der Waals surface area contributed by atoms with Gasteiger partial charge in [-0.05, 0) is 73.7 Å². The molecule has 0 aliphatic carbocycles. The van der Waals surface area contributed by atoms with E-state index in [0.29, 0.717) is 0 Å². The summed E-state index contributed by atoms with van der Waals surface area (Å²) in [4.78, 5) is 2.28. The summed E-state index contributed by atoms with van der Waals surface area (Å²) >= 11 is 0. The number of nitrogens with zero attached hydrogens (tertiary/aromatic N) is 1. The first-order chi connectivity index (χ1) is 12.7. The van der Waals surface area contributed by atoms with E-state index in [9.17, 15) is 0 Å². The second-order valence-electron chi connectivity index (χ2n) is 7.10. The van der Waals surface area contributed by atoms with Gasteiger partial charge in [0.05, 0.1) is 23.7 Å². The maximum Gasteiger partial charge on any atom is 0.151 e. The van der Waals surface area contributed by atoms with Crippen LogP contribution in [-0.4, -0.2) is 6.61 Å². The van der Waals surface area contributed by atoms with Crippen molar-refractivity contribution >= 4 is 17.1 Å². The standard InChI is InChI=1S/C23H21NO2/c1-15-8-10-18-21(13-15)26-22-14-16(2)9-11-19(22)24(18)20-7-3-5-17-6-4-12-25-23(17)20/h3,5,7-11,13-14H,4,6,12H2,1-2H3. The van der Waals surface area contributed by atoms with Crippen LogP contribution >= 0.6 is 0 Å². The Morgan fingerprint density at radius 2 is 1.50 bits per heavy atom. The lowest BCUT2D eigenvalue weighted by molar-refractivity contribution is 0.289. The third-order valence-corrected chi connectivity index (χ3v) is 5.09. The Kier molecular flexibility index (Phi) is 3.42. The van der Waals surface area contributed by atoms with Crippen LogP contribution in [0.4, 0.5) is 17.1 Å². The zero-order chi connectivity index (χ0) is 17.7. The highest BCUT2D eigenvalue weighted by Crippen LogP contribution is 2.53. The van der Waals surface area contributed by atoms with Crippen molar-refractivity contribution in [1.82, 2.24) is 0 Å². The number of benzene rings is 3. The molecule has 2 aliphatic rings. The van der Waals surface area contributed by atoms with Gasteiger partial charge in [-0.15, -0.1) is 0 Å². The maximum absolute atomic E-state index is 6.25. The molecule has 2 aliphatic heterocycles. The van der Waals surface area contributed by atoms with Crippen molar-refractivity contribution in [2.45, 2.75) is 26.7 Å². The van der Waals surface area contributed by atoms with E-state index in [-0.39, 0.29) is 0 Å². The molecule has 5 rings (SSSR count). The van der Waals surface area contributed by atoms with Crippen molar-refractivity contribution in [3.63, 3.8) is 0 Å². The van der Waals surface area contributed by atoms with Crippen LogP contribution < -0.4 is 14.4 Å². The average Bonchev–Trinajstić information content (AvgIpc) is 2.65. The lowest BCUT2D eigenvalue weighted by Crippen LogP contribution is -2.19. The Hall–Kier alpha value is -2.94. The summed E-state index contributed by atoms with van der Waals surface area (Å²) in [5.41, 5.74) is 6.84. The summed E-state index contributed by atoms with van der Waals surface area (Å²) in [6.45, 7) is 4.95. The Bertz CT molecular complexity index is 958. The van der Waals surface area contributed by atoms with Crippen LogP contribution in [0.15, 0.2) is 54.6 Å². The van der Waals surface area contributed by atoms with Gasteiger partial charge in [-0.1, -0.05) is 24.3 Å². The highest BCUT2D eigenvalue weighted by atomic mass is 16.5. The Morgan fingerprint density at radius 1 is 0.808 bits per heavy atom. The molecule has 0 unspecified atom stereocenters. The van der Waals surface area contributed by atoms with Crippen molar-refractivity contribution in [3.8, 4) is 17.2 Å². The molecule has 0 atom stereocenters. The molecule has 0 aromatic heterocycles. The highest BCUT2D eigenvalue weighted by molar-refractivity contribution is 5.89. The summed E-state index contributed by atoms with van der Waals surface area (Å²) in [5.74, 6) is 2.77. The normalized spacial score (nSPS) is 14.6. The first kappa shape index (κ1) is 15.3. The van der Waals surface area contributed by atoms with E-state index in [2.05, 4.69) is 73.3 Å². The maximum atomic E-state index is 6.25. The number of fused-ring (bicyclic) bond motifs is 3. The van der Waals surface area contributed by atoms with E-state index >= 15 is 0 Å². The van der Waals surface area contributed by atoms with Crippen molar-refractivity contribution in [2.24, 2.45) is 0 Å². The van der Waals surface area contributed by atoms with E-state index in [4.69, 9.17) is 9.47 Å². The highest BCUT2D eigenvalue weighted by Gasteiger charge is 2.29. The van der Waals surface area contributed by atoms with Gasteiger partial charge in [0.25, 0.3) is 0 Å². The molecule has 0 bridgehead atoms. The quantitative estimate of drug-likeness (QED) is 0.410. The van der Waals surface area contributed by atoms with Gasteiger partial charge in [-0.2, -0.15) is 0 Å². The molecule has 0 saturated heterocycles. The number of rotatable bonds is 1. The number of hydrogen-bond donors (Lipinski definition) is 0. The first-order valence-corrected chi connectivity index (χ1v) is 9.15. The average molecular weight is 343 g/mol. The van der Waals surface area contributed by atoms with E-state index in [1.165, 1.54) is 16.7 Å². The molecule has 0 saturated carbocycles. The molecule has 0 spiro atoms. The summed E-state index contributed by atoms with van der Waals surface area (Å²) in [5, 5.41) is 0. The van der Waals surface area contributed by atoms with Crippen LogP contribution in [-0.2, 0) is 6.42 Å². The minimum Gasteiger partial charge on any atom is -0.491 e. The molecule has 130 valence electrons. The lowest BCUT2D eigenvalue weighted by atomic mass is 10.0. The van der Waals surface area contributed by atoms with E-state index in [1.54, 1.807) is 0 Å². The smallest absolute Gasteiger partial charge is 0.151 e. The van der Waals surface area contributed by atoms with Crippen molar-refractivity contribution in [3.05, 3.63) is 71.3 Å². The monoisotopic (exact) mass is 343 g/mol. The van der Waals surface area contributed by atoms with Gasteiger partial charge in [0.2, 0.25) is 0 Å². The zero-order valence-corrected chi connectivity index (χ0v) is 15.1. The molecule has 2 heterocycles. The fourth-order valence-corrected chi connectivity index (χ4v) is 3.83. The van der Waals surface area contributed by atoms with Crippen LogP contribution in [0.3, 0.4) is 0 Å². The second kappa shape index (κ2) is 5.80. The van der Waals surface area contributed by atoms with Crippen LogP contribution in [0.2, 0.25) is 0 Å². The molecule has 0 N–H and O–H groups in total. The first-order valence-electron chi connectivity index (χ1n) is 9.15. The fraction of sp³-hybridized carbons (Fsp3) is 0.217. The van der Waals surface area contributed by atoms with Gasteiger partial charge in [-0.3, -0.25) is 4.90 Å². The molecule has 0 fully saturated rings. The summed E-state index contributed by atoms with van der Waals surface area (Å²) in [6, 6.07) is 19.2. The Labute approximate surface area is 153 Å². The van der Waals surface area contributed by atoms with Crippen molar-refractivity contribution < 1.29 is 9.47 Å². The fourth-order valence-electron chi connectivity index (χ4n) is 3.83. The minimum absolute atomic E-state index is 0.774. The van der Waals surface area contributed by atoms with Crippen LogP contribution in [0, 0.1) is 13.8 Å². The number of ether oxygens (including phenoxy) is 2. The van der Waals surface area contributed by atoms with Crippen molar-refractivity contribution in [2.75, 3.05) is 11.5 Å². The number of hydrogen-bond acceptors (Lipinski definition) is 3. The molecule has 3 aromatic rings. The van der Waals surface area contributed by atoms with Gasteiger partial charge in [0.1, 0.15) is 5.75 Å². The van der Waals surface area contributed by atoms with E-state index in [1.807, 2.05) is 0 Å². The van der Waals surface area contributed by atoms with E-state index < -0.39 is 0 Å². The molecule has 3 nitrogen and oxygen atoms in total. The van der Waals surface area contributed by atoms with Gasteiger partial charge in [-0.25, -0.2) is 0 Å². The van der Waals surface area contributed by atoms with Crippen molar-refractivity contribution in [1.29, 1.82) is 0 Å². The van der Waals surface area contributed by atoms with Gasteiger partial charge < -0.3 is 9.47 Å². The van der Waals surface area contributed by atoms with Gasteiger partial charge in [0.15, 0.2) is 11.5 Å². The second-order valence-corrected chi connectivity index (χ2v) is 7.10. The molecule has 0 radical (unpaired) electrons. The lowest BCUT2D eigenvalue weighted by Gasteiger charge is -2.35. The van der Waals surface area contributed by atoms with Crippen LogP contribution in [0.25, 0.3) is 0 Å². The molecular weight excluding hydrogens is 322 g/mol. The van der Waals surface area contributed by atoms with Crippen LogP contribution in [0.5, 0.6) is 17.2 Å². The Balaban J connectivity index is 1.77. The third-order valence-electron chi connectivity index (χ3n) is 5.09. The zero-order valence-electron chi connectivity index (χ0n) is 15.1. The Morgan fingerprint density at radius 3 is 2.19 bits per heavy atom. The molecular formula is C23H21NO2. The summed E-state index contributed by atoms with van der Waals surface area (Å²) in [6.07, 6.45) is 2.14. The van der Waals surface area contributed by atoms with Gasteiger partial charge in [0, 0.05) is 0 Å². The minimum atomic E-state index is 0.774. The number of aryl methyl sites for hydroxylation is 3. The third kappa shape index (κ3) is 2.35. The predicted octanol–water partition coefficient (Wildman–Crippen LogP) is 6.20. The molecule has 3 aromatic carbocycles. The van der Waals surface area contributed by atoms with Crippen LogP contribution in [0.1, 0.15) is 23.1 Å². The molecule has 0 amide bonds.